The van der Waals surface area contributed by atoms with Crippen LogP contribution in [0.25, 0.3) is 0 Å². The summed E-state index contributed by atoms with van der Waals surface area (Å²) in [5.74, 6) is -0.171. The predicted octanol–water partition coefficient (Wildman–Crippen LogP) is 4.65. The minimum atomic E-state index is -1.71. The highest BCUT2D eigenvalue weighted by Gasteiger charge is 2.43. The lowest BCUT2D eigenvalue weighted by molar-refractivity contribution is -0.136. The number of hydrogen-bond acceptors (Lipinski definition) is 5. The first-order chi connectivity index (χ1) is 16.2. The Labute approximate surface area is 199 Å². The summed E-state index contributed by atoms with van der Waals surface area (Å²) >= 11 is 0. The lowest BCUT2D eigenvalue weighted by Crippen LogP contribution is -2.49. The van der Waals surface area contributed by atoms with Crippen LogP contribution in [-0.2, 0) is 28.0 Å². The van der Waals surface area contributed by atoms with E-state index in [0.717, 1.165) is 11.1 Å². The number of esters is 1. The molecule has 0 aromatic heterocycles. The Bertz CT molecular complexity index is 1200. The highest BCUT2D eigenvalue weighted by molar-refractivity contribution is 5.99. The molecular weight excluding hydrogens is 430 g/mol. The molecule has 0 fully saturated rings. The van der Waals surface area contributed by atoms with Crippen LogP contribution in [-0.4, -0.2) is 29.7 Å². The van der Waals surface area contributed by atoms with Crippen LogP contribution < -0.4 is 10.1 Å². The minimum Gasteiger partial charge on any atom is -0.496 e. The lowest BCUT2D eigenvalue weighted by atomic mass is 9.72. The number of rotatable bonds is 8. The molecule has 4 rings (SSSR count). The second kappa shape index (κ2) is 9.31. The quantitative estimate of drug-likeness (QED) is 0.479. The van der Waals surface area contributed by atoms with Gasteiger partial charge in [-0.3, -0.25) is 4.79 Å². The third-order valence-electron chi connectivity index (χ3n) is 6.27. The van der Waals surface area contributed by atoms with E-state index in [1.807, 2.05) is 68.4 Å². The highest BCUT2D eigenvalue weighted by Crippen LogP contribution is 2.39. The smallest absolute Gasteiger partial charge is 0.338 e. The Morgan fingerprint density at radius 3 is 2.50 bits per heavy atom. The maximum Gasteiger partial charge on any atom is 0.338 e. The van der Waals surface area contributed by atoms with E-state index < -0.39 is 16.9 Å². The van der Waals surface area contributed by atoms with Crippen LogP contribution in [0.2, 0.25) is 0 Å². The van der Waals surface area contributed by atoms with E-state index in [1.54, 1.807) is 25.3 Å². The molecule has 176 valence electrons. The number of fused-ring (bicyclic) bond motifs is 1. The summed E-state index contributed by atoms with van der Waals surface area (Å²) in [5.41, 5.74) is 1.18. The summed E-state index contributed by atoms with van der Waals surface area (Å²) in [7, 11) is 1.61. The predicted molar refractivity (Wildman–Crippen MR) is 130 cm³/mol. The zero-order valence-electron chi connectivity index (χ0n) is 19.6. The van der Waals surface area contributed by atoms with E-state index in [9.17, 15) is 14.7 Å². The number of carbonyl (C=O) groups excluding carboxylic acids is 2. The van der Waals surface area contributed by atoms with Gasteiger partial charge in [0.15, 0.2) is 0 Å². The van der Waals surface area contributed by atoms with Crippen molar-refractivity contribution in [3.8, 4) is 5.75 Å². The number of benzene rings is 3. The molecule has 6 heteroatoms. The van der Waals surface area contributed by atoms with Gasteiger partial charge in [-0.15, -0.1) is 0 Å². The normalized spacial score (nSPS) is 14.6. The fourth-order valence-corrected chi connectivity index (χ4v) is 4.65. The summed E-state index contributed by atoms with van der Waals surface area (Å²) in [4.78, 5) is 25.3. The number of hydrogen-bond donors (Lipinski definition) is 2. The van der Waals surface area contributed by atoms with Crippen molar-refractivity contribution in [2.24, 2.45) is 0 Å². The second-order valence-electron chi connectivity index (χ2n) is 9.36. The number of cyclic esters (lactones) is 1. The molecular formula is C28H29NO5. The number of methoxy groups -OCH3 is 1. The van der Waals surface area contributed by atoms with Crippen molar-refractivity contribution in [2.75, 3.05) is 12.4 Å². The van der Waals surface area contributed by atoms with Crippen LogP contribution in [0, 0.1) is 0 Å². The third kappa shape index (κ3) is 4.82. The van der Waals surface area contributed by atoms with Crippen molar-refractivity contribution in [3.63, 3.8) is 0 Å². The highest BCUT2D eigenvalue weighted by atomic mass is 16.5. The van der Waals surface area contributed by atoms with Gasteiger partial charge in [-0.1, -0.05) is 62.4 Å². The monoisotopic (exact) mass is 459 g/mol. The van der Waals surface area contributed by atoms with Gasteiger partial charge >= 0.3 is 5.97 Å². The third-order valence-corrected chi connectivity index (χ3v) is 6.27. The molecule has 0 aliphatic carbocycles. The van der Waals surface area contributed by atoms with Gasteiger partial charge in [0.05, 0.1) is 12.7 Å². The Morgan fingerprint density at radius 1 is 1.06 bits per heavy atom. The summed E-state index contributed by atoms with van der Waals surface area (Å²) < 4.78 is 10.6. The number of carbonyl (C=O) groups is 2. The van der Waals surface area contributed by atoms with Crippen molar-refractivity contribution in [1.82, 2.24) is 0 Å². The average Bonchev–Trinajstić information content (AvgIpc) is 3.19. The molecule has 2 N–H and O–H groups in total. The standard InChI is InChI=1S/C28H29NO5/c1-27(2,23-11-7-8-12-24(23)33-3)18-28(32,16-19-9-5-4-6-10-19)26(31)29-21-13-14-22-20(15-21)17-34-25(22)30/h4-15,32H,16-18H2,1-3H3,(H,29,31). The van der Waals surface area contributed by atoms with E-state index in [2.05, 4.69) is 5.32 Å². The molecule has 6 nitrogen and oxygen atoms in total. The minimum absolute atomic E-state index is 0.144. The van der Waals surface area contributed by atoms with Crippen LogP contribution in [0.5, 0.6) is 5.75 Å². The van der Waals surface area contributed by atoms with Crippen LogP contribution in [0.3, 0.4) is 0 Å². The Kier molecular flexibility index (Phi) is 6.44. The van der Waals surface area contributed by atoms with E-state index in [4.69, 9.17) is 9.47 Å². The van der Waals surface area contributed by atoms with Gasteiger partial charge in [-0.2, -0.15) is 0 Å². The molecule has 1 aliphatic heterocycles. The molecule has 1 aliphatic rings. The largest absolute Gasteiger partial charge is 0.496 e. The van der Waals surface area contributed by atoms with Crippen LogP contribution >= 0.6 is 0 Å². The number of amides is 1. The molecule has 1 unspecified atom stereocenters. The summed E-state index contributed by atoms with van der Waals surface area (Å²) in [6, 6.07) is 22.1. The second-order valence-corrected chi connectivity index (χ2v) is 9.36. The van der Waals surface area contributed by atoms with E-state index in [0.29, 0.717) is 22.6 Å². The first kappa shape index (κ1) is 23.5. The maximum absolute atomic E-state index is 13.6. The fourth-order valence-electron chi connectivity index (χ4n) is 4.65. The Balaban J connectivity index is 1.65. The number of nitrogens with one attached hydrogen (secondary N) is 1. The van der Waals surface area contributed by atoms with Crippen molar-refractivity contribution in [2.45, 2.75) is 44.3 Å². The molecule has 1 heterocycles. The van der Waals surface area contributed by atoms with E-state index >= 15 is 0 Å². The van der Waals surface area contributed by atoms with Gasteiger partial charge in [-0.05, 0) is 47.2 Å². The average molecular weight is 460 g/mol. The number of aliphatic hydroxyl groups is 1. The van der Waals surface area contributed by atoms with Crippen LogP contribution in [0.4, 0.5) is 5.69 Å². The molecule has 3 aromatic rings. The molecule has 0 bridgehead atoms. The SMILES string of the molecule is COc1ccccc1C(C)(C)CC(O)(Cc1ccccc1)C(=O)Nc1ccc2c(c1)COC2=O. The molecule has 0 saturated carbocycles. The van der Waals surface area contributed by atoms with Crippen molar-refractivity contribution in [1.29, 1.82) is 0 Å². The number of para-hydroxylation sites is 1. The molecule has 1 amide bonds. The van der Waals surface area contributed by atoms with Gasteiger partial charge in [0.25, 0.3) is 5.91 Å². The Morgan fingerprint density at radius 2 is 1.76 bits per heavy atom. The van der Waals surface area contributed by atoms with E-state index in [1.165, 1.54) is 0 Å². The fraction of sp³-hybridized carbons (Fsp3) is 0.286. The van der Waals surface area contributed by atoms with Gasteiger partial charge in [0, 0.05) is 17.7 Å². The summed E-state index contributed by atoms with van der Waals surface area (Å²) in [6.07, 6.45) is 0.304. The number of anilines is 1. The maximum atomic E-state index is 13.6. The van der Waals surface area contributed by atoms with Crippen molar-refractivity contribution in [3.05, 3.63) is 95.1 Å². The van der Waals surface area contributed by atoms with Gasteiger partial charge in [0.2, 0.25) is 0 Å². The first-order valence-electron chi connectivity index (χ1n) is 11.2. The first-order valence-corrected chi connectivity index (χ1v) is 11.2. The topological polar surface area (TPSA) is 84.9 Å². The lowest BCUT2D eigenvalue weighted by Gasteiger charge is -2.36. The van der Waals surface area contributed by atoms with E-state index in [-0.39, 0.29) is 25.4 Å². The Hall–Kier alpha value is -3.64. The molecule has 34 heavy (non-hydrogen) atoms. The van der Waals surface area contributed by atoms with Crippen molar-refractivity contribution >= 4 is 17.6 Å². The van der Waals surface area contributed by atoms with Crippen LogP contribution in [0.1, 0.15) is 47.3 Å². The van der Waals surface area contributed by atoms with Gasteiger partial charge in [-0.25, -0.2) is 4.79 Å². The van der Waals surface area contributed by atoms with Crippen molar-refractivity contribution < 1.29 is 24.2 Å². The van der Waals surface area contributed by atoms with Gasteiger partial charge < -0.3 is 19.9 Å². The zero-order valence-corrected chi connectivity index (χ0v) is 19.6. The molecule has 0 spiro atoms. The zero-order chi connectivity index (χ0) is 24.3. The molecule has 0 saturated heterocycles. The molecule has 1 atom stereocenters. The molecule has 3 aromatic carbocycles. The summed E-state index contributed by atoms with van der Waals surface area (Å²) in [5, 5.41) is 14.7. The van der Waals surface area contributed by atoms with Crippen LogP contribution in [0.15, 0.2) is 72.8 Å². The number of ether oxygens (including phenoxy) is 2. The van der Waals surface area contributed by atoms with Gasteiger partial charge in [0.1, 0.15) is 18.0 Å². The molecule has 0 radical (unpaired) electrons. The summed E-state index contributed by atoms with van der Waals surface area (Å²) in [6.45, 7) is 4.16.